The molecule has 2 aromatic carbocycles. The standard InChI is InChI=1S/C25H23N3O6S/c29-23(28-17-4-6-20-22(13-17)34-15-33-20)14-35-25-18(2-1-8-27-25)24(30)26-9-7-16-3-5-19-21(12-16)32-11-10-31-19/h1-6,8,12-13H,7,9-11,14-15H2,(H,26,30)(H,28,29). The lowest BCUT2D eigenvalue weighted by molar-refractivity contribution is -0.113. The van der Waals surface area contributed by atoms with Gasteiger partial charge in [-0.1, -0.05) is 17.8 Å². The number of nitrogens with one attached hydrogen (secondary N) is 2. The largest absolute Gasteiger partial charge is 0.486 e. The fourth-order valence-corrected chi connectivity index (χ4v) is 4.43. The van der Waals surface area contributed by atoms with Gasteiger partial charge in [0.25, 0.3) is 5.91 Å². The third-order valence-corrected chi connectivity index (χ3v) is 6.32. The fourth-order valence-electron chi connectivity index (χ4n) is 3.64. The number of benzene rings is 2. The molecule has 5 rings (SSSR count). The van der Waals surface area contributed by atoms with Crippen LogP contribution in [-0.4, -0.2) is 49.1 Å². The van der Waals surface area contributed by atoms with Gasteiger partial charge in [0.15, 0.2) is 23.0 Å². The van der Waals surface area contributed by atoms with E-state index in [1.165, 1.54) is 11.8 Å². The van der Waals surface area contributed by atoms with Gasteiger partial charge in [0.05, 0.1) is 11.3 Å². The van der Waals surface area contributed by atoms with Crippen molar-refractivity contribution in [1.29, 1.82) is 0 Å². The van der Waals surface area contributed by atoms with Crippen LogP contribution in [0.4, 0.5) is 5.69 Å². The zero-order valence-corrected chi connectivity index (χ0v) is 19.6. The molecule has 3 aromatic rings. The van der Waals surface area contributed by atoms with Crippen molar-refractivity contribution >= 4 is 29.3 Å². The maximum absolute atomic E-state index is 12.8. The molecule has 0 unspecified atom stereocenters. The molecule has 0 atom stereocenters. The summed E-state index contributed by atoms with van der Waals surface area (Å²) in [5.41, 5.74) is 2.07. The van der Waals surface area contributed by atoms with Crippen molar-refractivity contribution in [2.24, 2.45) is 0 Å². The second kappa shape index (κ2) is 10.6. The summed E-state index contributed by atoms with van der Waals surface area (Å²) in [5.74, 6) is 2.35. The third-order valence-electron chi connectivity index (χ3n) is 5.32. The summed E-state index contributed by atoms with van der Waals surface area (Å²) >= 11 is 1.20. The highest BCUT2D eigenvalue weighted by atomic mass is 32.2. The minimum atomic E-state index is -0.241. The average Bonchev–Trinajstić information content (AvgIpc) is 3.35. The number of hydrogen-bond acceptors (Lipinski definition) is 8. The Bertz CT molecular complexity index is 1250. The van der Waals surface area contributed by atoms with Crippen LogP contribution in [0, 0.1) is 0 Å². The average molecular weight is 494 g/mol. The molecular weight excluding hydrogens is 470 g/mol. The number of pyridine rings is 1. The van der Waals surface area contributed by atoms with Crippen LogP contribution in [0.25, 0.3) is 0 Å². The van der Waals surface area contributed by atoms with Gasteiger partial charge in [-0.3, -0.25) is 9.59 Å². The van der Waals surface area contributed by atoms with Gasteiger partial charge >= 0.3 is 0 Å². The van der Waals surface area contributed by atoms with Crippen molar-refractivity contribution in [2.75, 3.05) is 37.6 Å². The van der Waals surface area contributed by atoms with Crippen molar-refractivity contribution < 1.29 is 28.5 Å². The van der Waals surface area contributed by atoms with E-state index < -0.39 is 0 Å². The molecule has 3 heterocycles. The second-order valence-electron chi connectivity index (χ2n) is 7.74. The fraction of sp³-hybridized carbons (Fsp3) is 0.240. The molecule has 10 heteroatoms. The topological polar surface area (TPSA) is 108 Å². The Kier molecular flexibility index (Phi) is 6.89. The molecule has 0 bridgehead atoms. The molecular formula is C25H23N3O6S. The molecule has 1 aromatic heterocycles. The Morgan fingerprint density at radius 2 is 1.69 bits per heavy atom. The summed E-state index contributed by atoms with van der Waals surface area (Å²) in [7, 11) is 0. The highest BCUT2D eigenvalue weighted by Crippen LogP contribution is 2.34. The number of fused-ring (bicyclic) bond motifs is 2. The van der Waals surface area contributed by atoms with Crippen molar-refractivity contribution in [2.45, 2.75) is 11.4 Å². The molecule has 0 spiro atoms. The Morgan fingerprint density at radius 1 is 0.914 bits per heavy atom. The molecule has 0 saturated carbocycles. The Balaban J connectivity index is 1.13. The van der Waals surface area contributed by atoms with Crippen LogP contribution in [0.15, 0.2) is 59.8 Å². The number of rotatable bonds is 8. The van der Waals surface area contributed by atoms with Gasteiger partial charge < -0.3 is 29.6 Å². The number of ether oxygens (including phenoxy) is 4. The first-order chi connectivity index (χ1) is 17.2. The zero-order chi connectivity index (χ0) is 24.0. The Hall–Kier alpha value is -3.92. The predicted octanol–water partition coefficient (Wildman–Crippen LogP) is 3.28. The van der Waals surface area contributed by atoms with E-state index in [9.17, 15) is 9.59 Å². The number of thioether (sulfide) groups is 1. The minimum Gasteiger partial charge on any atom is -0.486 e. The molecule has 2 aliphatic rings. The number of nitrogens with zero attached hydrogens (tertiary/aromatic N) is 1. The monoisotopic (exact) mass is 493 g/mol. The summed E-state index contributed by atoms with van der Waals surface area (Å²) in [6.07, 6.45) is 2.24. The van der Waals surface area contributed by atoms with Crippen molar-refractivity contribution in [3.63, 3.8) is 0 Å². The minimum absolute atomic E-state index is 0.100. The van der Waals surface area contributed by atoms with Gasteiger partial charge in [0.1, 0.15) is 18.2 Å². The number of hydrogen-bond donors (Lipinski definition) is 2. The molecule has 2 aliphatic heterocycles. The molecule has 9 nitrogen and oxygen atoms in total. The highest BCUT2D eigenvalue weighted by Gasteiger charge is 2.17. The summed E-state index contributed by atoms with van der Waals surface area (Å²) in [6.45, 7) is 1.70. The van der Waals surface area contributed by atoms with Gasteiger partial charge in [0.2, 0.25) is 12.7 Å². The first kappa shape index (κ1) is 22.9. The van der Waals surface area contributed by atoms with Crippen LogP contribution >= 0.6 is 11.8 Å². The van der Waals surface area contributed by atoms with E-state index in [1.807, 2.05) is 18.2 Å². The van der Waals surface area contributed by atoms with Crippen LogP contribution in [-0.2, 0) is 11.2 Å². The van der Waals surface area contributed by atoms with Gasteiger partial charge in [0, 0.05) is 24.5 Å². The van der Waals surface area contributed by atoms with Crippen LogP contribution in [0.3, 0.4) is 0 Å². The molecule has 0 saturated heterocycles. The summed E-state index contributed by atoms with van der Waals surface area (Å²) in [4.78, 5) is 29.5. The van der Waals surface area contributed by atoms with Crippen molar-refractivity contribution in [1.82, 2.24) is 10.3 Å². The van der Waals surface area contributed by atoms with E-state index >= 15 is 0 Å². The summed E-state index contributed by atoms with van der Waals surface area (Å²) < 4.78 is 21.8. The third kappa shape index (κ3) is 5.60. The maximum atomic E-state index is 12.8. The summed E-state index contributed by atoms with van der Waals surface area (Å²) in [6, 6.07) is 14.4. The highest BCUT2D eigenvalue weighted by molar-refractivity contribution is 8.00. The molecule has 0 radical (unpaired) electrons. The molecule has 180 valence electrons. The predicted molar refractivity (Wildman–Crippen MR) is 130 cm³/mol. The van der Waals surface area contributed by atoms with Crippen molar-refractivity contribution in [3.05, 3.63) is 65.9 Å². The first-order valence-corrected chi connectivity index (χ1v) is 12.1. The number of anilines is 1. The molecule has 35 heavy (non-hydrogen) atoms. The van der Waals surface area contributed by atoms with Gasteiger partial charge in [-0.15, -0.1) is 0 Å². The lowest BCUT2D eigenvalue weighted by Gasteiger charge is -2.18. The van der Waals surface area contributed by atoms with Crippen molar-refractivity contribution in [3.8, 4) is 23.0 Å². The van der Waals surface area contributed by atoms with E-state index in [-0.39, 0.29) is 24.4 Å². The number of carbonyl (C=O) groups is 2. The summed E-state index contributed by atoms with van der Waals surface area (Å²) in [5, 5.41) is 6.24. The lowest BCUT2D eigenvalue weighted by Crippen LogP contribution is -2.26. The van der Waals surface area contributed by atoms with Gasteiger partial charge in [-0.2, -0.15) is 0 Å². The SMILES string of the molecule is O=C(CSc1ncccc1C(=O)NCCc1ccc2c(c1)OCCO2)Nc1ccc2c(c1)OCO2. The second-order valence-corrected chi connectivity index (χ2v) is 8.71. The van der Waals surface area contributed by atoms with E-state index in [1.54, 1.807) is 36.5 Å². The van der Waals surface area contributed by atoms with Crippen LogP contribution in [0.2, 0.25) is 0 Å². The maximum Gasteiger partial charge on any atom is 0.254 e. The number of carbonyl (C=O) groups excluding carboxylic acids is 2. The number of aromatic nitrogens is 1. The molecule has 2 N–H and O–H groups in total. The quantitative estimate of drug-likeness (QED) is 0.461. The van der Waals surface area contributed by atoms with Gasteiger partial charge in [-0.05, 0) is 48.4 Å². The first-order valence-electron chi connectivity index (χ1n) is 11.1. The van der Waals surface area contributed by atoms with E-state index in [2.05, 4.69) is 15.6 Å². The van der Waals surface area contributed by atoms with Crippen LogP contribution in [0.5, 0.6) is 23.0 Å². The Morgan fingerprint density at radius 3 is 2.60 bits per heavy atom. The molecule has 2 amide bonds. The van der Waals surface area contributed by atoms with Gasteiger partial charge in [-0.25, -0.2) is 4.98 Å². The van der Waals surface area contributed by atoms with Crippen LogP contribution in [0.1, 0.15) is 15.9 Å². The van der Waals surface area contributed by atoms with Crippen LogP contribution < -0.4 is 29.6 Å². The molecule has 0 fully saturated rings. The normalized spacial score (nSPS) is 13.3. The molecule has 0 aliphatic carbocycles. The zero-order valence-electron chi connectivity index (χ0n) is 18.7. The van der Waals surface area contributed by atoms with E-state index in [0.717, 1.165) is 17.1 Å². The smallest absolute Gasteiger partial charge is 0.254 e. The van der Waals surface area contributed by atoms with E-state index in [0.29, 0.717) is 54.0 Å². The number of amides is 2. The Labute approximate surface area is 206 Å². The lowest BCUT2D eigenvalue weighted by atomic mass is 10.1. The van der Waals surface area contributed by atoms with E-state index in [4.69, 9.17) is 18.9 Å².